The number of aromatic nitrogens is 1. The second kappa shape index (κ2) is 8.81. The number of hydrogen-bond acceptors (Lipinski definition) is 9. The minimum atomic E-state index is -3.98. The molecule has 13 heteroatoms. The van der Waals surface area contributed by atoms with E-state index in [1.807, 2.05) is 0 Å². The highest BCUT2D eigenvalue weighted by atomic mass is 32.2. The van der Waals surface area contributed by atoms with Gasteiger partial charge in [-0.1, -0.05) is 23.5 Å². The van der Waals surface area contributed by atoms with E-state index in [9.17, 15) is 33.4 Å². The fraction of sp³-hybridized carbons (Fsp3) is 0. The molecule has 0 aliphatic heterocycles. The standard InChI is InChI=1S/C18H12N4O7S2/c23-16(10-5-12-3-1-2-4-15(12)22(26)27)20-18-19-11-17(30-18)31(28,29)14-8-6-13(7-9-14)21(24)25/h1-11H,(H,19,20,23). The molecule has 0 spiro atoms. The van der Waals surface area contributed by atoms with Gasteiger partial charge in [0.2, 0.25) is 15.7 Å². The predicted molar refractivity (Wildman–Crippen MR) is 111 cm³/mol. The Balaban J connectivity index is 1.74. The van der Waals surface area contributed by atoms with E-state index in [1.54, 1.807) is 6.07 Å². The number of nitro groups is 2. The molecule has 158 valence electrons. The van der Waals surface area contributed by atoms with E-state index in [2.05, 4.69) is 10.3 Å². The maximum absolute atomic E-state index is 12.6. The van der Waals surface area contributed by atoms with Crippen molar-refractivity contribution in [3.8, 4) is 0 Å². The number of nitro benzene ring substituents is 2. The molecule has 3 rings (SSSR count). The van der Waals surface area contributed by atoms with Gasteiger partial charge in [0.15, 0.2) is 5.13 Å². The predicted octanol–water partition coefficient (Wildman–Crippen LogP) is 3.44. The maximum atomic E-state index is 12.6. The van der Waals surface area contributed by atoms with E-state index in [4.69, 9.17) is 0 Å². The Morgan fingerprint density at radius 2 is 1.71 bits per heavy atom. The normalized spacial score (nSPS) is 11.4. The van der Waals surface area contributed by atoms with E-state index in [1.165, 1.54) is 24.3 Å². The zero-order valence-electron chi connectivity index (χ0n) is 15.4. The third-order valence-electron chi connectivity index (χ3n) is 3.89. The van der Waals surface area contributed by atoms with Crippen LogP contribution in [-0.2, 0) is 14.6 Å². The Labute approximate surface area is 178 Å². The summed E-state index contributed by atoms with van der Waals surface area (Å²) in [4.78, 5) is 36.3. The number of nitrogens with zero attached hydrogens (tertiary/aromatic N) is 3. The lowest BCUT2D eigenvalue weighted by atomic mass is 10.1. The van der Waals surface area contributed by atoms with Crippen molar-refractivity contribution in [2.24, 2.45) is 0 Å². The fourth-order valence-corrected chi connectivity index (χ4v) is 4.85. The van der Waals surface area contributed by atoms with Crippen molar-refractivity contribution in [1.29, 1.82) is 0 Å². The summed E-state index contributed by atoms with van der Waals surface area (Å²) in [7, 11) is -3.98. The van der Waals surface area contributed by atoms with Gasteiger partial charge in [0, 0.05) is 24.3 Å². The topological polar surface area (TPSA) is 162 Å². The first-order chi connectivity index (χ1) is 14.7. The van der Waals surface area contributed by atoms with Crippen molar-refractivity contribution in [1.82, 2.24) is 4.98 Å². The number of nitrogens with one attached hydrogen (secondary N) is 1. The van der Waals surface area contributed by atoms with Crippen molar-refractivity contribution in [3.63, 3.8) is 0 Å². The minimum Gasteiger partial charge on any atom is -0.298 e. The van der Waals surface area contributed by atoms with Crippen LogP contribution in [0.5, 0.6) is 0 Å². The molecule has 0 fully saturated rings. The smallest absolute Gasteiger partial charge is 0.276 e. The summed E-state index contributed by atoms with van der Waals surface area (Å²) in [5, 5.41) is 24.1. The lowest BCUT2D eigenvalue weighted by molar-refractivity contribution is -0.385. The van der Waals surface area contributed by atoms with Crippen LogP contribution in [0.4, 0.5) is 16.5 Å². The van der Waals surface area contributed by atoms with Gasteiger partial charge in [0.1, 0.15) is 4.21 Å². The molecule has 3 aromatic rings. The van der Waals surface area contributed by atoms with Crippen LogP contribution in [0, 0.1) is 20.2 Å². The maximum Gasteiger partial charge on any atom is 0.276 e. The zero-order chi connectivity index (χ0) is 22.6. The summed E-state index contributed by atoms with van der Waals surface area (Å²) in [5.41, 5.74) is -0.192. The second-order valence-electron chi connectivity index (χ2n) is 5.88. The molecule has 0 atom stereocenters. The largest absolute Gasteiger partial charge is 0.298 e. The number of amides is 1. The number of hydrogen-bond donors (Lipinski definition) is 1. The van der Waals surface area contributed by atoms with Crippen LogP contribution in [0.1, 0.15) is 5.56 Å². The quantitative estimate of drug-likeness (QED) is 0.318. The van der Waals surface area contributed by atoms with Crippen LogP contribution < -0.4 is 5.32 Å². The van der Waals surface area contributed by atoms with Gasteiger partial charge in [-0.3, -0.25) is 30.3 Å². The third-order valence-corrected chi connectivity index (χ3v) is 7.03. The van der Waals surface area contributed by atoms with Crippen LogP contribution in [0.15, 0.2) is 69.9 Å². The molecular formula is C18H12N4O7S2. The molecule has 0 aliphatic carbocycles. The number of thiazole rings is 1. The van der Waals surface area contributed by atoms with Crippen molar-refractivity contribution in [2.45, 2.75) is 9.10 Å². The molecule has 0 aliphatic rings. The van der Waals surface area contributed by atoms with E-state index < -0.39 is 25.6 Å². The van der Waals surface area contributed by atoms with Gasteiger partial charge in [-0.2, -0.15) is 0 Å². The number of para-hydroxylation sites is 1. The number of carbonyl (C=O) groups is 1. The van der Waals surface area contributed by atoms with Gasteiger partial charge in [-0.05, 0) is 24.3 Å². The molecule has 2 aromatic carbocycles. The highest BCUT2D eigenvalue weighted by Gasteiger charge is 2.22. The molecule has 0 saturated heterocycles. The average Bonchev–Trinajstić information content (AvgIpc) is 3.21. The molecule has 1 amide bonds. The minimum absolute atomic E-state index is 0.00213. The highest BCUT2D eigenvalue weighted by molar-refractivity contribution is 7.93. The molecule has 1 aromatic heterocycles. The van der Waals surface area contributed by atoms with Gasteiger partial charge in [0.05, 0.1) is 26.5 Å². The summed E-state index contributed by atoms with van der Waals surface area (Å²) < 4.78 is 25.1. The second-order valence-corrected chi connectivity index (χ2v) is 9.08. The number of anilines is 1. The van der Waals surface area contributed by atoms with E-state index in [-0.39, 0.29) is 31.2 Å². The Bertz CT molecular complexity index is 1300. The van der Waals surface area contributed by atoms with Gasteiger partial charge in [-0.25, -0.2) is 13.4 Å². The van der Waals surface area contributed by atoms with Crippen molar-refractivity contribution in [2.75, 3.05) is 5.32 Å². The van der Waals surface area contributed by atoms with Gasteiger partial charge >= 0.3 is 0 Å². The zero-order valence-corrected chi connectivity index (χ0v) is 17.0. The molecule has 31 heavy (non-hydrogen) atoms. The first-order valence-corrected chi connectivity index (χ1v) is 10.7. The van der Waals surface area contributed by atoms with Gasteiger partial charge in [-0.15, -0.1) is 0 Å². The Morgan fingerprint density at radius 1 is 1.03 bits per heavy atom. The summed E-state index contributed by atoms with van der Waals surface area (Å²) in [6.45, 7) is 0. The van der Waals surface area contributed by atoms with Crippen LogP contribution in [0.25, 0.3) is 6.08 Å². The molecule has 11 nitrogen and oxygen atoms in total. The number of carbonyl (C=O) groups excluding carboxylic acids is 1. The lowest BCUT2D eigenvalue weighted by Crippen LogP contribution is -2.07. The molecule has 0 saturated carbocycles. The average molecular weight is 460 g/mol. The van der Waals surface area contributed by atoms with Gasteiger partial charge < -0.3 is 0 Å². The SMILES string of the molecule is O=C(C=Cc1ccccc1[N+](=O)[O-])Nc1ncc(S(=O)(=O)c2ccc([N+](=O)[O-])cc2)s1. The first-order valence-electron chi connectivity index (χ1n) is 8.36. The summed E-state index contributed by atoms with van der Waals surface area (Å²) in [5.74, 6) is -0.660. The number of rotatable bonds is 7. The summed E-state index contributed by atoms with van der Waals surface area (Å²) in [6, 6.07) is 10.2. The molecule has 0 unspecified atom stereocenters. The number of benzene rings is 2. The van der Waals surface area contributed by atoms with Crippen LogP contribution >= 0.6 is 11.3 Å². The van der Waals surface area contributed by atoms with E-state index in [0.717, 1.165) is 36.5 Å². The van der Waals surface area contributed by atoms with Crippen molar-refractivity contribution >= 4 is 49.7 Å². The molecule has 0 radical (unpaired) electrons. The Kier molecular flexibility index (Phi) is 6.17. The van der Waals surface area contributed by atoms with E-state index in [0.29, 0.717) is 11.3 Å². The molecular weight excluding hydrogens is 448 g/mol. The summed E-state index contributed by atoms with van der Waals surface area (Å²) >= 11 is 0.696. The van der Waals surface area contributed by atoms with Crippen LogP contribution in [0.2, 0.25) is 0 Å². The van der Waals surface area contributed by atoms with Crippen LogP contribution in [0.3, 0.4) is 0 Å². The Hall–Kier alpha value is -3.97. The van der Waals surface area contributed by atoms with Crippen molar-refractivity contribution < 1.29 is 23.1 Å². The monoisotopic (exact) mass is 460 g/mol. The van der Waals surface area contributed by atoms with Gasteiger partial charge in [0.25, 0.3) is 11.4 Å². The molecule has 0 bridgehead atoms. The Morgan fingerprint density at radius 3 is 2.35 bits per heavy atom. The number of sulfone groups is 1. The van der Waals surface area contributed by atoms with E-state index >= 15 is 0 Å². The fourth-order valence-electron chi connectivity index (χ4n) is 2.41. The first kappa shape index (κ1) is 21.7. The van der Waals surface area contributed by atoms with Crippen LogP contribution in [-0.4, -0.2) is 29.2 Å². The number of non-ortho nitro benzene ring substituents is 1. The molecule has 1 N–H and O–H groups in total. The molecule has 1 heterocycles. The van der Waals surface area contributed by atoms with Crippen molar-refractivity contribution in [3.05, 3.63) is 86.6 Å². The summed E-state index contributed by atoms with van der Waals surface area (Å²) in [6.07, 6.45) is 3.38. The lowest BCUT2D eigenvalue weighted by Gasteiger charge is -2.00. The highest BCUT2D eigenvalue weighted by Crippen LogP contribution is 2.29. The third kappa shape index (κ3) is 4.96.